The third-order valence-electron chi connectivity index (χ3n) is 4.12. The van der Waals surface area contributed by atoms with Gasteiger partial charge in [-0.2, -0.15) is 0 Å². The molecule has 5 heteroatoms. The van der Waals surface area contributed by atoms with Gasteiger partial charge in [-0.1, -0.05) is 20.8 Å². The lowest BCUT2D eigenvalue weighted by atomic mass is 9.86. The number of carbonyl (C=O) groups is 1. The first kappa shape index (κ1) is 15.3. The molecule has 2 N–H and O–H groups in total. The monoisotopic (exact) mass is 310 g/mol. The van der Waals surface area contributed by atoms with Gasteiger partial charge in [0, 0.05) is 41.6 Å². The molecule has 0 radical (unpaired) electrons. The second-order valence-electron chi connectivity index (χ2n) is 6.93. The Morgan fingerprint density at radius 2 is 2.17 bits per heavy atom. The number of nitrogens with one attached hydrogen (secondary N) is 2. The number of aromatic nitrogens is 3. The van der Waals surface area contributed by atoms with Crippen molar-refractivity contribution in [3.05, 3.63) is 54.7 Å². The van der Waals surface area contributed by atoms with Gasteiger partial charge in [-0.05, 0) is 29.7 Å². The fourth-order valence-electron chi connectivity index (χ4n) is 2.58. The number of hydrogen-bond donors (Lipinski definition) is 2. The minimum Gasteiger partial charge on any atom is -0.361 e. The van der Waals surface area contributed by atoms with E-state index in [9.17, 15) is 4.79 Å². The highest BCUT2D eigenvalue weighted by Crippen LogP contribution is 2.22. The van der Waals surface area contributed by atoms with Crippen LogP contribution in [0.2, 0.25) is 0 Å². The number of imidazole rings is 1. The molecule has 2 aromatic heterocycles. The van der Waals surface area contributed by atoms with Crippen molar-refractivity contribution in [2.75, 3.05) is 0 Å². The molecule has 120 valence electrons. The van der Waals surface area contributed by atoms with Gasteiger partial charge in [-0.15, -0.1) is 0 Å². The third-order valence-corrected chi connectivity index (χ3v) is 4.12. The number of hydrogen-bond acceptors (Lipinski definition) is 2. The molecule has 0 saturated carbocycles. The van der Waals surface area contributed by atoms with Gasteiger partial charge in [0.2, 0.25) is 0 Å². The fourth-order valence-corrected chi connectivity index (χ4v) is 2.58. The molecule has 1 atom stereocenters. The molecule has 0 bridgehead atoms. The van der Waals surface area contributed by atoms with E-state index in [0.29, 0.717) is 12.1 Å². The zero-order chi connectivity index (χ0) is 16.4. The molecule has 0 aliphatic carbocycles. The van der Waals surface area contributed by atoms with E-state index >= 15 is 0 Å². The summed E-state index contributed by atoms with van der Waals surface area (Å²) in [6.07, 6.45) is 7.32. The Morgan fingerprint density at radius 1 is 1.35 bits per heavy atom. The molecule has 0 aliphatic rings. The van der Waals surface area contributed by atoms with Gasteiger partial charge < -0.3 is 14.9 Å². The second kappa shape index (κ2) is 5.91. The summed E-state index contributed by atoms with van der Waals surface area (Å²) in [5, 5.41) is 4.21. The average Bonchev–Trinajstić information content (AvgIpc) is 3.15. The van der Waals surface area contributed by atoms with E-state index in [1.54, 1.807) is 12.5 Å². The summed E-state index contributed by atoms with van der Waals surface area (Å²) in [5.41, 5.74) is 1.65. The SMILES string of the molecule is CC(C)(C)[C@@H](Cn1ccnc1)NC(=O)c1ccc2[nH]ccc2c1. The van der Waals surface area contributed by atoms with Gasteiger partial charge in [-0.3, -0.25) is 4.79 Å². The predicted octanol–water partition coefficient (Wildman–Crippen LogP) is 3.21. The summed E-state index contributed by atoms with van der Waals surface area (Å²) < 4.78 is 1.99. The number of benzene rings is 1. The lowest BCUT2D eigenvalue weighted by Gasteiger charge is -2.31. The molecule has 2 heterocycles. The van der Waals surface area contributed by atoms with Crippen molar-refractivity contribution < 1.29 is 4.79 Å². The van der Waals surface area contributed by atoms with E-state index in [0.717, 1.165) is 10.9 Å². The Labute approximate surface area is 135 Å². The van der Waals surface area contributed by atoms with Crippen LogP contribution in [0.15, 0.2) is 49.2 Å². The second-order valence-corrected chi connectivity index (χ2v) is 6.93. The van der Waals surface area contributed by atoms with E-state index in [-0.39, 0.29) is 17.4 Å². The van der Waals surface area contributed by atoms with Crippen LogP contribution in [0.4, 0.5) is 0 Å². The highest BCUT2D eigenvalue weighted by atomic mass is 16.1. The molecule has 0 saturated heterocycles. The van der Waals surface area contributed by atoms with E-state index < -0.39 is 0 Å². The summed E-state index contributed by atoms with van der Waals surface area (Å²) in [6, 6.07) is 7.68. The molecule has 3 aromatic rings. The maximum absolute atomic E-state index is 12.6. The molecular weight excluding hydrogens is 288 g/mol. The lowest BCUT2D eigenvalue weighted by molar-refractivity contribution is 0.0892. The summed E-state index contributed by atoms with van der Waals surface area (Å²) in [4.78, 5) is 19.9. The van der Waals surface area contributed by atoms with Crippen molar-refractivity contribution >= 4 is 16.8 Å². The van der Waals surface area contributed by atoms with E-state index in [2.05, 4.69) is 36.1 Å². The van der Waals surface area contributed by atoms with Crippen molar-refractivity contribution in [1.82, 2.24) is 19.9 Å². The minimum absolute atomic E-state index is 0.00567. The molecule has 0 unspecified atom stereocenters. The molecule has 1 amide bonds. The Hall–Kier alpha value is -2.56. The highest BCUT2D eigenvalue weighted by Gasteiger charge is 2.27. The van der Waals surface area contributed by atoms with Gasteiger partial charge in [0.1, 0.15) is 0 Å². The topological polar surface area (TPSA) is 62.7 Å². The number of carbonyl (C=O) groups excluding carboxylic acids is 1. The summed E-state index contributed by atoms with van der Waals surface area (Å²) in [7, 11) is 0. The lowest BCUT2D eigenvalue weighted by Crippen LogP contribution is -2.46. The van der Waals surface area contributed by atoms with E-state index in [1.807, 2.05) is 41.2 Å². The maximum atomic E-state index is 12.6. The number of fused-ring (bicyclic) bond motifs is 1. The molecule has 0 spiro atoms. The van der Waals surface area contributed by atoms with Crippen LogP contribution >= 0.6 is 0 Å². The molecule has 5 nitrogen and oxygen atoms in total. The van der Waals surface area contributed by atoms with Crippen LogP contribution in [-0.4, -0.2) is 26.5 Å². The van der Waals surface area contributed by atoms with Crippen molar-refractivity contribution in [3.63, 3.8) is 0 Å². The first-order chi connectivity index (χ1) is 10.9. The number of nitrogens with zero attached hydrogens (tertiary/aromatic N) is 2. The van der Waals surface area contributed by atoms with Crippen molar-refractivity contribution in [3.8, 4) is 0 Å². The van der Waals surface area contributed by atoms with Crippen LogP contribution in [0.3, 0.4) is 0 Å². The molecule has 3 rings (SSSR count). The quantitative estimate of drug-likeness (QED) is 0.777. The number of aromatic amines is 1. The average molecular weight is 310 g/mol. The normalized spacial score (nSPS) is 13.2. The zero-order valence-corrected chi connectivity index (χ0v) is 13.7. The van der Waals surface area contributed by atoms with Gasteiger partial charge in [-0.25, -0.2) is 4.98 Å². The van der Waals surface area contributed by atoms with Crippen LogP contribution in [0.25, 0.3) is 10.9 Å². The van der Waals surface area contributed by atoms with Crippen molar-refractivity contribution in [1.29, 1.82) is 0 Å². The number of rotatable bonds is 4. The molecule has 1 aromatic carbocycles. The molecule has 0 aliphatic heterocycles. The first-order valence-corrected chi connectivity index (χ1v) is 7.77. The van der Waals surface area contributed by atoms with Crippen LogP contribution in [0, 0.1) is 5.41 Å². The van der Waals surface area contributed by atoms with Crippen LogP contribution < -0.4 is 5.32 Å². The minimum atomic E-state index is -0.0574. The summed E-state index contributed by atoms with van der Waals surface area (Å²) >= 11 is 0. The molecule has 0 fully saturated rings. The van der Waals surface area contributed by atoms with Crippen molar-refractivity contribution in [2.45, 2.75) is 33.4 Å². The van der Waals surface area contributed by atoms with Crippen LogP contribution in [0.5, 0.6) is 0 Å². The van der Waals surface area contributed by atoms with Crippen LogP contribution in [0.1, 0.15) is 31.1 Å². The molecular formula is C18H22N4O. The summed E-state index contributed by atoms with van der Waals surface area (Å²) in [5.74, 6) is -0.0480. The van der Waals surface area contributed by atoms with Crippen LogP contribution in [-0.2, 0) is 6.54 Å². The first-order valence-electron chi connectivity index (χ1n) is 7.77. The number of H-pyrrole nitrogens is 1. The maximum Gasteiger partial charge on any atom is 0.251 e. The van der Waals surface area contributed by atoms with Gasteiger partial charge >= 0.3 is 0 Å². The molecule has 23 heavy (non-hydrogen) atoms. The largest absolute Gasteiger partial charge is 0.361 e. The zero-order valence-electron chi connectivity index (χ0n) is 13.7. The van der Waals surface area contributed by atoms with Crippen molar-refractivity contribution in [2.24, 2.45) is 5.41 Å². The third kappa shape index (κ3) is 3.44. The Kier molecular flexibility index (Phi) is 3.94. The highest BCUT2D eigenvalue weighted by molar-refractivity contribution is 5.98. The van der Waals surface area contributed by atoms with Gasteiger partial charge in [0.05, 0.1) is 12.4 Å². The van der Waals surface area contributed by atoms with E-state index in [4.69, 9.17) is 0 Å². The predicted molar refractivity (Wildman–Crippen MR) is 91.2 cm³/mol. The standard InChI is InChI=1S/C18H22N4O/c1-18(2,3)16(11-22-9-8-19-12-22)21-17(23)14-4-5-15-13(10-14)6-7-20-15/h4-10,12,16,20H,11H2,1-3H3,(H,21,23)/t16-/m1/s1. The summed E-state index contributed by atoms with van der Waals surface area (Å²) in [6.45, 7) is 7.08. The number of amides is 1. The fraction of sp³-hybridized carbons (Fsp3) is 0.333. The van der Waals surface area contributed by atoms with Gasteiger partial charge in [0.15, 0.2) is 0 Å². The van der Waals surface area contributed by atoms with Gasteiger partial charge in [0.25, 0.3) is 5.91 Å². The smallest absolute Gasteiger partial charge is 0.251 e. The Balaban J connectivity index is 1.79. The van der Waals surface area contributed by atoms with E-state index in [1.165, 1.54) is 0 Å². The Bertz CT molecular complexity index is 796. The Morgan fingerprint density at radius 3 is 2.87 bits per heavy atom.